The summed E-state index contributed by atoms with van der Waals surface area (Å²) in [5, 5.41) is 13.3. The standard InChI is InChI=1S/C13H19ClN4OS/c1-9-7-18(8-10(2)19-9)5-3-4-16-13-11(6-15)12(14)17-20-13/h9-10,16H,3-5,7-8H2,1-2H3/t9-,10-/m1/s1. The van der Waals surface area contributed by atoms with Gasteiger partial charge in [-0.1, -0.05) is 11.6 Å². The van der Waals surface area contributed by atoms with Crippen LogP contribution in [0.1, 0.15) is 25.8 Å². The molecule has 0 unspecified atom stereocenters. The second kappa shape index (κ2) is 7.23. The molecule has 0 amide bonds. The number of aromatic nitrogens is 1. The van der Waals surface area contributed by atoms with Crippen molar-refractivity contribution in [3.63, 3.8) is 0 Å². The van der Waals surface area contributed by atoms with Crippen LogP contribution in [0, 0.1) is 11.3 Å². The molecule has 2 atom stereocenters. The van der Waals surface area contributed by atoms with Gasteiger partial charge in [-0.3, -0.25) is 4.90 Å². The highest BCUT2D eigenvalue weighted by atomic mass is 35.5. The van der Waals surface area contributed by atoms with E-state index in [4.69, 9.17) is 21.6 Å². The zero-order valence-corrected chi connectivity index (χ0v) is 13.3. The summed E-state index contributed by atoms with van der Waals surface area (Å²) in [6.07, 6.45) is 1.62. The van der Waals surface area contributed by atoms with Crippen LogP contribution in [0.2, 0.25) is 5.15 Å². The van der Waals surface area contributed by atoms with Crippen LogP contribution >= 0.6 is 23.1 Å². The summed E-state index contributed by atoms with van der Waals surface area (Å²) in [5.74, 6) is 0. The molecule has 1 aliphatic rings. The van der Waals surface area contributed by atoms with Crippen LogP contribution in [0.3, 0.4) is 0 Å². The van der Waals surface area contributed by atoms with Crippen LogP contribution < -0.4 is 5.32 Å². The maximum Gasteiger partial charge on any atom is 0.162 e. The number of ether oxygens (including phenoxy) is 1. The third-order valence-electron chi connectivity index (χ3n) is 3.19. The Morgan fingerprint density at radius 2 is 2.20 bits per heavy atom. The Morgan fingerprint density at radius 3 is 2.85 bits per heavy atom. The Bertz CT molecular complexity index is 477. The van der Waals surface area contributed by atoms with Crippen molar-refractivity contribution >= 4 is 28.1 Å². The van der Waals surface area contributed by atoms with E-state index in [1.165, 1.54) is 11.5 Å². The number of hydrogen-bond donors (Lipinski definition) is 1. The molecule has 20 heavy (non-hydrogen) atoms. The number of halogens is 1. The lowest BCUT2D eigenvalue weighted by molar-refractivity contribution is -0.0678. The number of nitrogens with zero attached hydrogens (tertiary/aromatic N) is 3. The van der Waals surface area contributed by atoms with Crippen LogP contribution in [0.15, 0.2) is 0 Å². The van der Waals surface area contributed by atoms with E-state index < -0.39 is 0 Å². The summed E-state index contributed by atoms with van der Waals surface area (Å²) in [6.45, 7) is 8.03. The zero-order chi connectivity index (χ0) is 14.5. The van der Waals surface area contributed by atoms with Gasteiger partial charge >= 0.3 is 0 Å². The molecule has 0 aromatic carbocycles. The summed E-state index contributed by atoms with van der Waals surface area (Å²) in [7, 11) is 0. The second-order valence-electron chi connectivity index (χ2n) is 5.09. The number of rotatable bonds is 5. The lowest BCUT2D eigenvalue weighted by Crippen LogP contribution is -2.45. The molecule has 2 rings (SSSR count). The summed E-state index contributed by atoms with van der Waals surface area (Å²) in [6, 6.07) is 2.07. The van der Waals surface area contributed by atoms with Gasteiger partial charge in [-0.15, -0.1) is 0 Å². The molecule has 0 bridgehead atoms. The highest BCUT2D eigenvalue weighted by molar-refractivity contribution is 7.10. The molecule has 0 radical (unpaired) electrons. The molecular formula is C13H19ClN4OS. The Morgan fingerprint density at radius 1 is 1.50 bits per heavy atom. The van der Waals surface area contributed by atoms with Gasteiger partial charge < -0.3 is 10.1 Å². The van der Waals surface area contributed by atoms with Gasteiger partial charge in [0.25, 0.3) is 0 Å². The smallest absolute Gasteiger partial charge is 0.162 e. The van der Waals surface area contributed by atoms with Crippen LogP contribution in [0.25, 0.3) is 0 Å². The van der Waals surface area contributed by atoms with Gasteiger partial charge in [0.2, 0.25) is 0 Å². The average molecular weight is 315 g/mol. The van der Waals surface area contributed by atoms with Gasteiger partial charge in [-0.2, -0.15) is 9.64 Å². The molecule has 110 valence electrons. The Labute approximate surface area is 128 Å². The minimum Gasteiger partial charge on any atom is -0.374 e. The van der Waals surface area contributed by atoms with Crippen molar-refractivity contribution in [2.24, 2.45) is 0 Å². The minimum atomic E-state index is 0.288. The molecule has 1 fully saturated rings. The lowest BCUT2D eigenvalue weighted by atomic mass is 10.2. The maximum absolute atomic E-state index is 8.98. The highest BCUT2D eigenvalue weighted by Crippen LogP contribution is 2.27. The third kappa shape index (κ3) is 4.06. The molecule has 0 saturated carbocycles. The molecule has 1 aromatic rings. The average Bonchev–Trinajstić information content (AvgIpc) is 2.74. The van der Waals surface area contributed by atoms with E-state index in [1.54, 1.807) is 0 Å². The van der Waals surface area contributed by atoms with Crippen molar-refractivity contribution in [1.29, 1.82) is 5.26 Å². The number of hydrogen-bond acceptors (Lipinski definition) is 6. The monoisotopic (exact) mass is 314 g/mol. The molecule has 2 heterocycles. The van der Waals surface area contributed by atoms with E-state index in [0.29, 0.717) is 17.8 Å². The van der Waals surface area contributed by atoms with Gasteiger partial charge in [0.1, 0.15) is 16.6 Å². The van der Waals surface area contributed by atoms with Gasteiger partial charge in [0.15, 0.2) is 5.15 Å². The fourth-order valence-corrected chi connectivity index (χ4v) is 3.42. The molecule has 1 N–H and O–H groups in total. The fraction of sp³-hybridized carbons (Fsp3) is 0.692. The molecule has 0 aliphatic carbocycles. The fourth-order valence-electron chi connectivity index (χ4n) is 2.46. The molecule has 0 spiro atoms. The van der Waals surface area contributed by atoms with Crippen molar-refractivity contribution < 1.29 is 4.74 Å². The zero-order valence-electron chi connectivity index (χ0n) is 11.7. The first-order valence-corrected chi connectivity index (χ1v) is 7.92. The van der Waals surface area contributed by atoms with Crippen LogP contribution in [-0.4, -0.2) is 47.7 Å². The summed E-state index contributed by atoms with van der Waals surface area (Å²) >= 11 is 7.06. The van der Waals surface area contributed by atoms with Gasteiger partial charge in [0, 0.05) is 26.2 Å². The summed E-state index contributed by atoms with van der Waals surface area (Å²) < 4.78 is 9.68. The first-order valence-electron chi connectivity index (χ1n) is 6.77. The molecular weight excluding hydrogens is 296 g/mol. The molecule has 1 aromatic heterocycles. The first kappa shape index (κ1) is 15.5. The van der Waals surface area contributed by atoms with E-state index in [0.717, 1.165) is 37.6 Å². The maximum atomic E-state index is 8.98. The molecule has 1 aliphatic heterocycles. The Kier molecular flexibility index (Phi) is 5.61. The second-order valence-corrected chi connectivity index (χ2v) is 6.22. The van der Waals surface area contributed by atoms with Crippen molar-refractivity contribution in [3.05, 3.63) is 10.7 Å². The highest BCUT2D eigenvalue weighted by Gasteiger charge is 2.21. The largest absolute Gasteiger partial charge is 0.374 e. The predicted molar refractivity (Wildman–Crippen MR) is 81.4 cm³/mol. The van der Waals surface area contributed by atoms with Gasteiger partial charge in [0.05, 0.1) is 12.2 Å². The topological polar surface area (TPSA) is 61.2 Å². The Hall–Kier alpha value is -0.870. The summed E-state index contributed by atoms with van der Waals surface area (Å²) in [5.41, 5.74) is 0.449. The van der Waals surface area contributed by atoms with E-state index in [9.17, 15) is 0 Å². The Balaban J connectivity index is 1.72. The normalized spacial score (nSPS) is 23.5. The quantitative estimate of drug-likeness (QED) is 0.846. The molecule has 5 nitrogen and oxygen atoms in total. The number of anilines is 1. The van der Waals surface area contributed by atoms with Crippen molar-refractivity contribution in [2.75, 3.05) is 31.5 Å². The van der Waals surface area contributed by atoms with Gasteiger partial charge in [-0.05, 0) is 31.8 Å². The van der Waals surface area contributed by atoms with Crippen molar-refractivity contribution in [2.45, 2.75) is 32.5 Å². The lowest BCUT2D eigenvalue weighted by Gasteiger charge is -2.35. The summed E-state index contributed by atoms with van der Waals surface area (Å²) in [4.78, 5) is 2.42. The van der Waals surface area contributed by atoms with Crippen molar-refractivity contribution in [1.82, 2.24) is 9.27 Å². The van der Waals surface area contributed by atoms with E-state index in [1.807, 2.05) is 0 Å². The SMILES string of the molecule is C[C@@H]1CN(CCCNc2snc(Cl)c2C#N)C[C@@H](C)O1. The van der Waals surface area contributed by atoms with Crippen molar-refractivity contribution in [3.8, 4) is 6.07 Å². The first-order chi connectivity index (χ1) is 9.60. The predicted octanol–water partition coefficient (Wildman–Crippen LogP) is 2.58. The molecule has 1 saturated heterocycles. The van der Waals surface area contributed by atoms with E-state index in [2.05, 4.69) is 34.5 Å². The third-order valence-corrected chi connectivity index (χ3v) is 4.37. The van der Waals surface area contributed by atoms with Crippen LogP contribution in [-0.2, 0) is 4.74 Å². The number of nitrogens with one attached hydrogen (secondary N) is 1. The van der Waals surface area contributed by atoms with E-state index in [-0.39, 0.29) is 5.15 Å². The minimum absolute atomic E-state index is 0.288. The van der Waals surface area contributed by atoms with E-state index >= 15 is 0 Å². The van der Waals surface area contributed by atoms with Gasteiger partial charge in [-0.25, -0.2) is 0 Å². The number of morpholine rings is 1. The molecule has 7 heteroatoms. The van der Waals surface area contributed by atoms with Crippen LogP contribution in [0.5, 0.6) is 0 Å². The number of nitriles is 1. The van der Waals surface area contributed by atoms with Crippen LogP contribution in [0.4, 0.5) is 5.00 Å².